The van der Waals surface area contributed by atoms with Gasteiger partial charge in [0.15, 0.2) is 0 Å². The second kappa shape index (κ2) is 5.63. The number of hydrogen-bond donors (Lipinski definition) is 3. The van der Waals surface area contributed by atoms with E-state index >= 15 is 0 Å². The van der Waals surface area contributed by atoms with Crippen molar-refractivity contribution in [3.63, 3.8) is 0 Å². The Hall–Kier alpha value is -1.62. The van der Waals surface area contributed by atoms with E-state index in [0.29, 0.717) is 6.54 Å². The van der Waals surface area contributed by atoms with Gasteiger partial charge in [-0.05, 0) is 25.0 Å². The molecule has 0 aromatic carbocycles. The minimum Gasteiger partial charge on any atom is -0.378 e. The average molecular weight is 236 g/mol. The summed E-state index contributed by atoms with van der Waals surface area (Å²) in [5.41, 5.74) is 11.9. The Bertz CT molecular complexity index is 380. The highest BCUT2D eigenvalue weighted by Crippen LogP contribution is 2.21. The third-order valence-corrected chi connectivity index (χ3v) is 3.17. The molecule has 1 heterocycles. The number of nitrogens with zero attached hydrogens (tertiary/aromatic N) is 1. The molecule has 94 valence electrons. The summed E-state index contributed by atoms with van der Waals surface area (Å²) in [6.45, 7) is 4.70. The van der Waals surface area contributed by atoms with Crippen LogP contribution in [0.5, 0.6) is 0 Å². The minimum atomic E-state index is -0.528. The average Bonchev–Trinajstić information content (AvgIpc) is 2.36. The molecule has 5 nitrogen and oxygen atoms in total. The van der Waals surface area contributed by atoms with Crippen LogP contribution in [0.25, 0.3) is 0 Å². The highest BCUT2D eigenvalue weighted by molar-refractivity contribution is 5.91. The van der Waals surface area contributed by atoms with Gasteiger partial charge in [0.1, 0.15) is 5.69 Å². The van der Waals surface area contributed by atoms with Crippen LogP contribution in [0.3, 0.4) is 0 Å². The van der Waals surface area contributed by atoms with Crippen LogP contribution in [0.2, 0.25) is 0 Å². The number of carbonyl (C=O) groups excluding carboxylic acids is 1. The summed E-state index contributed by atoms with van der Waals surface area (Å²) < 4.78 is 0. The smallest absolute Gasteiger partial charge is 0.267 e. The van der Waals surface area contributed by atoms with Crippen LogP contribution in [0, 0.1) is 0 Å². The molecule has 0 fully saturated rings. The molecule has 5 heteroatoms. The standard InChI is InChI=1S/C12H20N4O/c1-3-12(4-2,8-13)16-9-5-6-15-10(7-9)11(14)17/h5-7H,3-4,8,13H2,1-2H3,(H2,14,17)(H,15,16). The number of anilines is 1. The van der Waals surface area contributed by atoms with Crippen LogP contribution in [0.15, 0.2) is 18.3 Å². The molecule has 0 aliphatic rings. The van der Waals surface area contributed by atoms with Crippen molar-refractivity contribution in [1.29, 1.82) is 0 Å². The van der Waals surface area contributed by atoms with Gasteiger partial charge in [-0.15, -0.1) is 0 Å². The molecule has 0 aliphatic heterocycles. The quantitative estimate of drug-likeness (QED) is 0.689. The van der Waals surface area contributed by atoms with E-state index in [1.807, 2.05) is 6.07 Å². The van der Waals surface area contributed by atoms with Gasteiger partial charge in [-0.1, -0.05) is 13.8 Å². The van der Waals surface area contributed by atoms with Gasteiger partial charge in [-0.2, -0.15) is 0 Å². The van der Waals surface area contributed by atoms with Gasteiger partial charge in [0, 0.05) is 24.0 Å². The van der Waals surface area contributed by atoms with E-state index in [2.05, 4.69) is 24.1 Å². The lowest BCUT2D eigenvalue weighted by atomic mass is 9.92. The molecule has 5 N–H and O–H groups in total. The summed E-state index contributed by atoms with van der Waals surface area (Å²) in [6.07, 6.45) is 3.39. The summed E-state index contributed by atoms with van der Waals surface area (Å²) in [6, 6.07) is 3.46. The van der Waals surface area contributed by atoms with Crippen molar-refractivity contribution >= 4 is 11.6 Å². The van der Waals surface area contributed by atoms with E-state index in [1.54, 1.807) is 12.3 Å². The van der Waals surface area contributed by atoms with Crippen molar-refractivity contribution in [2.75, 3.05) is 11.9 Å². The van der Waals surface area contributed by atoms with Gasteiger partial charge in [-0.3, -0.25) is 9.78 Å². The topological polar surface area (TPSA) is 94.0 Å². The van der Waals surface area contributed by atoms with Gasteiger partial charge in [-0.25, -0.2) is 0 Å². The van der Waals surface area contributed by atoms with Crippen LogP contribution in [-0.4, -0.2) is 23.0 Å². The highest BCUT2D eigenvalue weighted by Gasteiger charge is 2.23. The fraction of sp³-hybridized carbons (Fsp3) is 0.500. The monoisotopic (exact) mass is 236 g/mol. The van der Waals surface area contributed by atoms with E-state index in [1.165, 1.54) is 0 Å². The molecule has 0 unspecified atom stereocenters. The van der Waals surface area contributed by atoms with Crippen LogP contribution in [0.4, 0.5) is 5.69 Å². The van der Waals surface area contributed by atoms with Gasteiger partial charge >= 0.3 is 0 Å². The van der Waals surface area contributed by atoms with Crippen molar-refractivity contribution in [2.24, 2.45) is 11.5 Å². The zero-order valence-electron chi connectivity index (χ0n) is 10.4. The van der Waals surface area contributed by atoms with Crippen molar-refractivity contribution in [3.05, 3.63) is 24.0 Å². The molecule has 0 radical (unpaired) electrons. The lowest BCUT2D eigenvalue weighted by Crippen LogP contribution is -2.44. The first-order chi connectivity index (χ1) is 8.06. The summed E-state index contributed by atoms with van der Waals surface area (Å²) in [5.74, 6) is -0.528. The Balaban J connectivity index is 2.93. The molecule has 0 saturated carbocycles. The predicted molar refractivity (Wildman–Crippen MR) is 68.7 cm³/mol. The van der Waals surface area contributed by atoms with E-state index in [0.717, 1.165) is 18.5 Å². The maximum Gasteiger partial charge on any atom is 0.267 e. The van der Waals surface area contributed by atoms with Crippen molar-refractivity contribution in [2.45, 2.75) is 32.2 Å². The molecule has 17 heavy (non-hydrogen) atoms. The number of hydrogen-bond acceptors (Lipinski definition) is 4. The van der Waals surface area contributed by atoms with E-state index < -0.39 is 5.91 Å². The summed E-state index contributed by atoms with van der Waals surface area (Å²) in [7, 11) is 0. The number of nitrogens with two attached hydrogens (primary N) is 2. The number of aromatic nitrogens is 1. The fourth-order valence-electron chi connectivity index (χ4n) is 1.72. The Morgan fingerprint density at radius 2 is 2.12 bits per heavy atom. The second-order valence-corrected chi connectivity index (χ2v) is 4.11. The lowest BCUT2D eigenvalue weighted by Gasteiger charge is -2.32. The highest BCUT2D eigenvalue weighted by atomic mass is 16.1. The van der Waals surface area contributed by atoms with Crippen LogP contribution < -0.4 is 16.8 Å². The number of pyridine rings is 1. The fourth-order valence-corrected chi connectivity index (χ4v) is 1.72. The summed E-state index contributed by atoms with van der Waals surface area (Å²) in [4.78, 5) is 14.9. The molecule has 0 spiro atoms. The van der Waals surface area contributed by atoms with E-state index in [4.69, 9.17) is 11.5 Å². The van der Waals surface area contributed by atoms with Crippen molar-refractivity contribution in [1.82, 2.24) is 4.98 Å². The molecular formula is C12H20N4O. The number of amides is 1. The van der Waals surface area contributed by atoms with Gasteiger partial charge in [0.25, 0.3) is 5.91 Å². The predicted octanol–water partition coefficient (Wildman–Crippen LogP) is 1.11. The molecule has 0 saturated heterocycles. The molecule has 1 aromatic rings. The molecule has 0 aliphatic carbocycles. The maximum absolute atomic E-state index is 11.0. The Morgan fingerprint density at radius 1 is 1.47 bits per heavy atom. The molecule has 1 amide bonds. The third kappa shape index (κ3) is 3.17. The molecule has 0 bridgehead atoms. The second-order valence-electron chi connectivity index (χ2n) is 4.11. The Morgan fingerprint density at radius 3 is 2.59 bits per heavy atom. The zero-order valence-corrected chi connectivity index (χ0v) is 10.4. The summed E-state index contributed by atoms with van der Waals surface area (Å²) in [5, 5.41) is 3.36. The molecule has 1 rings (SSSR count). The van der Waals surface area contributed by atoms with Crippen LogP contribution in [-0.2, 0) is 0 Å². The summed E-state index contributed by atoms with van der Waals surface area (Å²) >= 11 is 0. The van der Waals surface area contributed by atoms with Crippen LogP contribution >= 0.6 is 0 Å². The molecule has 0 atom stereocenters. The SMILES string of the molecule is CCC(CC)(CN)Nc1ccnc(C(N)=O)c1. The Labute approximate surface area is 102 Å². The minimum absolute atomic E-state index is 0.143. The number of rotatable bonds is 6. The largest absolute Gasteiger partial charge is 0.378 e. The zero-order chi connectivity index (χ0) is 12.9. The maximum atomic E-state index is 11.0. The van der Waals surface area contributed by atoms with Crippen molar-refractivity contribution < 1.29 is 4.79 Å². The molecule has 1 aromatic heterocycles. The normalized spacial score (nSPS) is 11.2. The first-order valence-corrected chi connectivity index (χ1v) is 5.81. The van der Waals surface area contributed by atoms with E-state index in [9.17, 15) is 4.79 Å². The first kappa shape index (κ1) is 13.4. The van der Waals surface area contributed by atoms with Gasteiger partial charge in [0.2, 0.25) is 0 Å². The third-order valence-electron chi connectivity index (χ3n) is 3.17. The van der Waals surface area contributed by atoms with Gasteiger partial charge < -0.3 is 16.8 Å². The van der Waals surface area contributed by atoms with Gasteiger partial charge in [0.05, 0.1) is 0 Å². The molecular weight excluding hydrogens is 216 g/mol. The lowest BCUT2D eigenvalue weighted by molar-refractivity contribution is 0.0995. The number of nitrogens with one attached hydrogen (secondary N) is 1. The Kier molecular flexibility index (Phi) is 4.45. The van der Waals surface area contributed by atoms with Crippen LogP contribution in [0.1, 0.15) is 37.2 Å². The van der Waals surface area contributed by atoms with E-state index in [-0.39, 0.29) is 11.2 Å². The van der Waals surface area contributed by atoms with Crippen molar-refractivity contribution in [3.8, 4) is 0 Å². The number of carbonyl (C=O) groups is 1. The first-order valence-electron chi connectivity index (χ1n) is 5.81. The number of primary amides is 1.